The smallest absolute Gasteiger partial charge is 0.164 e. The monoisotopic (exact) mass is 806 g/mol. The molecule has 8 aromatic carbocycles. The van der Waals surface area contributed by atoms with E-state index in [1.54, 1.807) is 0 Å². The van der Waals surface area contributed by atoms with Gasteiger partial charge in [-0.3, -0.25) is 4.98 Å². The highest BCUT2D eigenvalue weighted by atomic mass is 15.0. The Kier molecular flexibility index (Phi) is 9.47. The van der Waals surface area contributed by atoms with Gasteiger partial charge in [-0.25, -0.2) is 15.0 Å². The maximum atomic E-state index is 5.33. The standard InChI is InChI=1S/C59H42N4/c1-39-26-35-51(40(2)60-39)44-31-27-43(28-32-44)47-36-48(38-50(37-47)59(49-20-10-5-11-21-49)54-24-14-12-22-52(54)53-23-13-15-25-55(53)59)58-62-56(45-18-8-4-9-19-45)61-57(63-58)46-33-29-42(30-34-46)41-16-6-3-7-17-41/h3-38H,1-2H3. The number of rotatable bonds is 8. The second-order valence-corrected chi connectivity index (χ2v) is 16.3. The predicted molar refractivity (Wildman–Crippen MR) is 257 cm³/mol. The van der Waals surface area contributed by atoms with Crippen molar-refractivity contribution >= 4 is 0 Å². The van der Waals surface area contributed by atoms with E-state index in [4.69, 9.17) is 19.9 Å². The lowest BCUT2D eigenvalue weighted by Crippen LogP contribution is -2.28. The lowest BCUT2D eigenvalue weighted by Gasteiger charge is -2.34. The van der Waals surface area contributed by atoms with Crippen molar-refractivity contribution in [1.29, 1.82) is 0 Å². The molecule has 0 N–H and O–H groups in total. The SMILES string of the molecule is Cc1ccc(-c2ccc(-c3cc(-c4nc(-c5ccccc5)nc(-c5ccc(-c6ccccc6)cc5)n4)cc(C4(c5ccccc5)c5ccccc5-c5ccccc54)c3)cc2)c(C)n1. The van der Waals surface area contributed by atoms with Gasteiger partial charge in [-0.15, -0.1) is 0 Å². The number of hydrogen-bond acceptors (Lipinski definition) is 4. The van der Waals surface area contributed by atoms with E-state index in [1.165, 1.54) is 27.8 Å². The van der Waals surface area contributed by atoms with Gasteiger partial charge in [0.1, 0.15) is 0 Å². The molecule has 0 bridgehead atoms. The Morgan fingerprint density at radius 3 is 1.30 bits per heavy atom. The maximum absolute atomic E-state index is 5.33. The Hall–Kier alpha value is -8.08. The zero-order chi connectivity index (χ0) is 42.3. The Morgan fingerprint density at radius 2 is 0.714 bits per heavy atom. The zero-order valence-corrected chi connectivity index (χ0v) is 35.1. The highest BCUT2D eigenvalue weighted by Gasteiger charge is 2.46. The quantitative estimate of drug-likeness (QED) is 0.153. The number of hydrogen-bond donors (Lipinski definition) is 0. The van der Waals surface area contributed by atoms with E-state index < -0.39 is 5.41 Å². The second kappa shape index (κ2) is 15.7. The fraction of sp³-hybridized carbons (Fsp3) is 0.0508. The minimum Gasteiger partial charge on any atom is -0.258 e. The average Bonchev–Trinajstić information content (AvgIpc) is 3.66. The van der Waals surface area contributed by atoms with Crippen molar-refractivity contribution < 1.29 is 0 Å². The third-order valence-corrected chi connectivity index (χ3v) is 12.5. The van der Waals surface area contributed by atoms with Crippen LogP contribution in [0.3, 0.4) is 0 Å². The van der Waals surface area contributed by atoms with Gasteiger partial charge >= 0.3 is 0 Å². The molecule has 1 aliphatic carbocycles. The topological polar surface area (TPSA) is 51.6 Å². The fourth-order valence-corrected chi connectivity index (χ4v) is 9.48. The molecule has 2 aromatic heterocycles. The first-order valence-corrected chi connectivity index (χ1v) is 21.5. The molecular weight excluding hydrogens is 765 g/mol. The Balaban J connectivity index is 1.16. The van der Waals surface area contributed by atoms with Gasteiger partial charge in [0.15, 0.2) is 17.5 Å². The number of nitrogens with zero attached hydrogens (tertiary/aromatic N) is 4. The minimum absolute atomic E-state index is 0.606. The van der Waals surface area contributed by atoms with Gasteiger partial charge in [0.25, 0.3) is 0 Å². The van der Waals surface area contributed by atoms with Gasteiger partial charge in [0.05, 0.1) is 5.41 Å². The molecule has 0 saturated heterocycles. The molecule has 10 aromatic rings. The van der Waals surface area contributed by atoms with E-state index in [0.29, 0.717) is 17.5 Å². The number of aromatic nitrogens is 4. The summed E-state index contributed by atoms with van der Waals surface area (Å²) in [6.45, 7) is 4.12. The van der Waals surface area contributed by atoms with Crippen LogP contribution in [0.25, 0.3) is 78.7 Å². The Bertz CT molecular complexity index is 3220. The van der Waals surface area contributed by atoms with Crippen LogP contribution in [-0.4, -0.2) is 19.9 Å². The first kappa shape index (κ1) is 37.9. The van der Waals surface area contributed by atoms with Gasteiger partial charge in [-0.1, -0.05) is 194 Å². The summed E-state index contributed by atoms with van der Waals surface area (Å²) in [6, 6.07) is 77.9. The summed E-state index contributed by atoms with van der Waals surface area (Å²) in [5, 5.41) is 0. The fourth-order valence-electron chi connectivity index (χ4n) is 9.48. The van der Waals surface area contributed by atoms with Crippen LogP contribution < -0.4 is 0 Å². The van der Waals surface area contributed by atoms with Crippen LogP contribution in [0, 0.1) is 13.8 Å². The molecule has 0 unspecified atom stereocenters. The largest absolute Gasteiger partial charge is 0.258 e. The zero-order valence-electron chi connectivity index (χ0n) is 35.1. The van der Waals surface area contributed by atoms with Crippen molar-refractivity contribution in [2.75, 3.05) is 0 Å². The number of pyridine rings is 1. The van der Waals surface area contributed by atoms with Gasteiger partial charge in [-0.05, 0) is 99.3 Å². The van der Waals surface area contributed by atoms with Crippen molar-refractivity contribution in [3.05, 3.63) is 252 Å². The summed E-state index contributed by atoms with van der Waals surface area (Å²) in [5.41, 5.74) is 18.2. The predicted octanol–water partition coefficient (Wildman–Crippen LogP) is 14.2. The molecule has 298 valence electrons. The summed E-state index contributed by atoms with van der Waals surface area (Å²) in [4.78, 5) is 20.5. The lowest BCUT2D eigenvalue weighted by molar-refractivity contribution is 0.769. The number of benzene rings is 8. The van der Waals surface area contributed by atoms with E-state index in [-0.39, 0.29) is 0 Å². The van der Waals surface area contributed by atoms with E-state index in [2.05, 4.69) is 201 Å². The van der Waals surface area contributed by atoms with Crippen molar-refractivity contribution in [2.45, 2.75) is 19.3 Å². The third-order valence-electron chi connectivity index (χ3n) is 12.5. The van der Waals surface area contributed by atoms with E-state index >= 15 is 0 Å². The van der Waals surface area contributed by atoms with Crippen LogP contribution >= 0.6 is 0 Å². The maximum Gasteiger partial charge on any atom is 0.164 e. The molecular formula is C59H42N4. The van der Waals surface area contributed by atoms with Crippen LogP contribution in [0.5, 0.6) is 0 Å². The third kappa shape index (κ3) is 6.73. The molecule has 1 aliphatic rings. The molecule has 0 fully saturated rings. The van der Waals surface area contributed by atoms with E-state index in [0.717, 1.165) is 67.0 Å². The highest BCUT2D eigenvalue weighted by Crippen LogP contribution is 2.56. The van der Waals surface area contributed by atoms with Crippen LogP contribution in [-0.2, 0) is 5.41 Å². The van der Waals surface area contributed by atoms with Crippen LogP contribution in [0.4, 0.5) is 0 Å². The lowest BCUT2D eigenvalue weighted by atomic mass is 9.67. The summed E-state index contributed by atoms with van der Waals surface area (Å²) in [5.74, 6) is 1.84. The summed E-state index contributed by atoms with van der Waals surface area (Å²) < 4.78 is 0. The Morgan fingerprint density at radius 1 is 0.286 bits per heavy atom. The van der Waals surface area contributed by atoms with Gasteiger partial charge in [0, 0.05) is 33.6 Å². The molecule has 4 nitrogen and oxygen atoms in total. The average molecular weight is 807 g/mol. The summed E-state index contributed by atoms with van der Waals surface area (Å²) in [6.07, 6.45) is 0. The first-order valence-electron chi connectivity index (χ1n) is 21.5. The van der Waals surface area contributed by atoms with Crippen molar-refractivity contribution in [1.82, 2.24) is 19.9 Å². The van der Waals surface area contributed by atoms with Crippen molar-refractivity contribution in [3.8, 4) is 78.7 Å². The molecule has 0 aliphatic heterocycles. The van der Waals surface area contributed by atoms with E-state index in [9.17, 15) is 0 Å². The molecule has 0 amide bonds. The second-order valence-electron chi connectivity index (χ2n) is 16.3. The van der Waals surface area contributed by atoms with Crippen molar-refractivity contribution in [3.63, 3.8) is 0 Å². The molecule has 0 saturated carbocycles. The summed E-state index contributed by atoms with van der Waals surface area (Å²) in [7, 11) is 0. The van der Waals surface area contributed by atoms with Crippen LogP contribution in [0.15, 0.2) is 218 Å². The van der Waals surface area contributed by atoms with Gasteiger partial charge in [-0.2, -0.15) is 0 Å². The van der Waals surface area contributed by atoms with E-state index in [1.807, 2.05) is 31.2 Å². The first-order chi connectivity index (χ1) is 31.0. The van der Waals surface area contributed by atoms with Crippen LogP contribution in [0.2, 0.25) is 0 Å². The molecule has 11 rings (SSSR count). The number of aryl methyl sites for hydroxylation is 2. The molecule has 0 atom stereocenters. The molecule has 63 heavy (non-hydrogen) atoms. The van der Waals surface area contributed by atoms with Gasteiger partial charge < -0.3 is 0 Å². The number of fused-ring (bicyclic) bond motifs is 3. The normalized spacial score (nSPS) is 12.4. The highest BCUT2D eigenvalue weighted by molar-refractivity contribution is 5.88. The molecule has 2 heterocycles. The van der Waals surface area contributed by atoms with Crippen LogP contribution in [0.1, 0.15) is 33.6 Å². The van der Waals surface area contributed by atoms with Crippen molar-refractivity contribution in [2.24, 2.45) is 0 Å². The molecule has 0 spiro atoms. The molecule has 0 radical (unpaired) electrons. The molecule has 4 heteroatoms. The summed E-state index contributed by atoms with van der Waals surface area (Å²) >= 11 is 0. The Labute approximate surface area is 368 Å². The minimum atomic E-state index is -0.630. The van der Waals surface area contributed by atoms with Gasteiger partial charge in [0.2, 0.25) is 0 Å².